The number of thiocarbonyl (C=S) groups is 1. The van der Waals surface area contributed by atoms with E-state index in [1.807, 2.05) is 23.0 Å². The molecular weight excluding hydrogens is 358 g/mol. The molecule has 1 fully saturated rings. The van der Waals surface area contributed by atoms with Crippen LogP contribution in [0.5, 0.6) is 0 Å². The van der Waals surface area contributed by atoms with Crippen LogP contribution in [0.2, 0.25) is 0 Å². The van der Waals surface area contributed by atoms with Gasteiger partial charge in [-0.15, -0.1) is 10.2 Å². The highest BCUT2D eigenvalue weighted by atomic mass is 32.1. The summed E-state index contributed by atoms with van der Waals surface area (Å²) in [5.41, 5.74) is 4.46. The van der Waals surface area contributed by atoms with Crippen molar-refractivity contribution in [3.05, 3.63) is 65.8 Å². The first-order valence-corrected chi connectivity index (χ1v) is 9.43. The minimum atomic E-state index is -0.00374. The zero-order chi connectivity index (χ0) is 19.1. The number of aromatic nitrogens is 5. The van der Waals surface area contributed by atoms with E-state index in [9.17, 15) is 0 Å². The fraction of sp³-hybridized carbons (Fsp3) is 0.368. The number of nitrogens with one attached hydrogen (secondary N) is 1. The van der Waals surface area contributed by atoms with Crippen molar-refractivity contribution in [1.82, 2.24) is 34.8 Å². The Balaban J connectivity index is 1.86. The Labute approximate surface area is 164 Å². The molecule has 4 rings (SSSR count). The van der Waals surface area contributed by atoms with E-state index < -0.39 is 0 Å². The number of hydrogen-bond acceptors (Lipinski definition) is 4. The van der Waals surface area contributed by atoms with E-state index in [1.54, 1.807) is 12.7 Å². The van der Waals surface area contributed by atoms with E-state index in [2.05, 4.69) is 69.9 Å². The molecule has 140 valence electrons. The average molecular weight is 382 g/mol. The molecule has 0 spiro atoms. The van der Waals surface area contributed by atoms with Crippen LogP contribution in [-0.2, 0) is 0 Å². The molecule has 4 heterocycles. The van der Waals surface area contributed by atoms with Crippen molar-refractivity contribution in [3.63, 3.8) is 0 Å². The van der Waals surface area contributed by atoms with Crippen LogP contribution >= 0.6 is 12.2 Å². The minimum Gasteiger partial charge on any atom is -0.352 e. The minimum absolute atomic E-state index is 0.00374. The summed E-state index contributed by atoms with van der Waals surface area (Å²) in [5.74, 6) is 0. The Morgan fingerprint density at radius 2 is 1.89 bits per heavy atom. The van der Waals surface area contributed by atoms with Gasteiger partial charge in [-0.05, 0) is 58.1 Å². The SMILES string of the molecule is Cc1cc([C@H]2[C@@H](c3ccccn3)NC(=S)N2C(C)C)c(C)n1-n1cnnc1. The molecule has 2 atom stereocenters. The first kappa shape index (κ1) is 17.7. The molecule has 3 aromatic rings. The van der Waals surface area contributed by atoms with Crippen molar-refractivity contribution in [2.24, 2.45) is 0 Å². The van der Waals surface area contributed by atoms with Crippen molar-refractivity contribution < 1.29 is 0 Å². The lowest BCUT2D eigenvalue weighted by Gasteiger charge is -2.31. The highest BCUT2D eigenvalue weighted by Gasteiger charge is 2.42. The summed E-state index contributed by atoms with van der Waals surface area (Å²) in [6.45, 7) is 8.55. The first-order chi connectivity index (χ1) is 13.0. The first-order valence-electron chi connectivity index (χ1n) is 9.03. The smallest absolute Gasteiger partial charge is 0.170 e. The molecule has 3 aromatic heterocycles. The topological polar surface area (TPSA) is 63.8 Å². The number of rotatable bonds is 4. The Bertz CT molecular complexity index is 946. The second-order valence-corrected chi connectivity index (χ2v) is 7.49. The van der Waals surface area contributed by atoms with Crippen molar-refractivity contribution in [1.29, 1.82) is 0 Å². The molecule has 0 aromatic carbocycles. The van der Waals surface area contributed by atoms with Crippen molar-refractivity contribution >= 4 is 17.3 Å². The normalized spacial score (nSPS) is 19.7. The highest BCUT2D eigenvalue weighted by molar-refractivity contribution is 7.80. The summed E-state index contributed by atoms with van der Waals surface area (Å²) in [7, 11) is 0. The lowest BCUT2D eigenvalue weighted by molar-refractivity contribution is 0.268. The van der Waals surface area contributed by atoms with Gasteiger partial charge in [0.25, 0.3) is 0 Å². The van der Waals surface area contributed by atoms with Gasteiger partial charge in [0.15, 0.2) is 5.11 Å². The lowest BCUT2D eigenvalue weighted by Crippen LogP contribution is -2.35. The summed E-state index contributed by atoms with van der Waals surface area (Å²) in [6, 6.07) is 8.55. The molecule has 1 saturated heterocycles. The van der Waals surface area contributed by atoms with Crippen LogP contribution in [-0.4, -0.2) is 40.6 Å². The fourth-order valence-electron chi connectivity index (χ4n) is 3.98. The van der Waals surface area contributed by atoms with E-state index in [4.69, 9.17) is 12.2 Å². The van der Waals surface area contributed by atoms with Gasteiger partial charge in [0, 0.05) is 29.2 Å². The highest BCUT2D eigenvalue weighted by Crippen LogP contribution is 2.41. The molecule has 0 saturated carbocycles. The van der Waals surface area contributed by atoms with E-state index in [0.29, 0.717) is 0 Å². The maximum Gasteiger partial charge on any atom is 0.170 e. The van der Waals surface area contributed by atoms with Gasteiger partial charge in [0.05, 0.1) is 17.8 Å². The van der Waals surface area contributed by atoms with Gasteiger partial charge in [0.2, 0.25) is 0 Å². The zero-order valence-electron chi connectivity index (χ0n) is 15.9. The quantitative estimate of drug-likeness (QED) is 0.701. The summed E-state index contributed by atoms with van der Waals surface area (Å²) in [6.07, 6.45) is 5.24. The molecule has 0 radical (unpaired) electrons. The van der Waals surface area contributed by atoms with Crippen LogP contribution in [0.3, 0.4) is 0 Å². The van der Waals surface area contributed by atoms with Gasteiger partial charge >= 0.3 is 0 Å². The van der Waals surface area contributed by atoms with Crippen LogP contribution in [0.25, 0.3) is 0 Å². The molecule has 0 aliphatic carbocycles. The Morgan fingerprint density at radius 1 is 1.15 bits per heavy atom. The molecule has 0 amide bonds. The van der Waals surface area contributed by atoms with Crippen LogP contribution in [0.15, 0.2) is 43.1 Å². The van der Waals surface area contributed by atoms with Crippen molar-refractivity contribution in [3.8, 4) is 0 Å². The third-order valence-corrected chi connectivity index (χ3v) is 5.41. The predicted molar refractivity (Wildman–Crippen MR) is 107 cm³/mol. The Kier molecular flexibility index (Phi) is 4.43. The maximum atomic E-state index is 5.69. The van der Waals surface area contributed by atoms with Gasteiger partial charge in [0.1, 0.15) is 12.7 Å². The summed E-state index contributed by atoms with van der Waals surface area (Å²) >= 11 is 5.69. The van der Waals surface area contributed by atoms with Gasteiger partial charge in [-0.25, -0.2) is 4.68 Å². The maximum absolute atomic E-state index is 5.69. The van der Waals surface area contributed by atoms with Crippen LogP contribution < -0.4 is 5.32 Å². The van der Waals surface area contributed by atoms with Crippen molar-refractivity contribution in [2.75, 3.05) is 0 Å². The molecule has 1 aliphatic heterocycles. The molecular formula is C19H23N7S. The average Bonchev–Trinajstić information content (AvgIpc) is 3.34. The largest absolute Gasteiger partial charge is 0.352 e. The van der Waals surface area contributed by atoms with Gasteiger partial charge < -0.3 is 10.2 Å². The number of hydrogen-bond donors (Lipinski definition) is 1. The van der Waals surface area contributed by atoms with E-state index >= 15 is 0 Å². The third-order valence-electron chi connectivity index (χ3n) is 5.08. The van der Waals surface area contributed by atoms with E-state index in [-0.39, 0.29) is 18.1 Å². The number of aryl methyl sites for hydroxylation is 1. The molecule has 7 nitrogen and oxygen atoms in total. The molecule has 1 aliphatic rings. The second kappa shape index (κ2) is 6.77. The lowest BCUT2D eigenvalue weighted by atomic mass is 9.96. The summed E-state index contributed by atoms with van der Waals surface area (Å²) < 4.78 is 4.01. The van der Waals surface area contributed by atoms with Gasteiger partial charge in [-0.2, -0.15) is 0 Å². The van der Waals surface area contributed by atoms with Crippen LogP contribution in [0.4, 0.5) is 0 Å². The molecule has 0 unspecified atom stereocenters. The monoisotopic (exact) mass is 381 g/mol. The second-order valence-electron chi connectivity index (χ2n) is 7.11. The molecule has 0 bridgehead atoms. The van der Waals surface area contributed by atoms with Crippen molar-refractivity contribution in [2.45, 2.75) is 45.8 Å². The van der Waals surface area contributed by atoms with Gasteiger partial charge in [-0.1, -0.05) is 6.07 Å². The fourth-order valence-corrected chi connectivity index (χ4v) is 4.44. The standard InChI is InChI=1S/C19H23N7S/c1-12(2)25-18(17(23-19(25)27)16-7-5-6-8-20-16)15-9-13(3)26(14(15)4)24-10-21-22-11-24/h5-12,17-18H,1-4H3,(H,23,27)/t17-,18+/m1/s1. The molecule has 8 heteroatoms. The molecule has 27 heavy (non-hydrogen) atoms. The zero-order valence-corrected chi connectivity index (χ0v) is 16.7. The summed E-state index contributed by atoms with van der Waals surface area (Å²) in [4.78, 5) is 6.86. The Hall–Kier alpha value is -2.74. The molecule has 1 N–H and O–H groups in total. The van der Waals surface area contributed by atoms with Crippen LogP contribution in [0.1, 0.15) is 48.6 Å². The predicted octanol–water partition coefficient (Wildman–Crippen LogP) is 2.78. The third kappa shape index (κ3) is 2.90. The Morgan fingerprint density at radius 3 is 2.52 bits per heavy atom. The number of nitrogens with zero attached hydrogens (tertiary/aromatic N) is 6. The van der Waals surface area contributed by atoms with Gasteiger partial charge in [-0.3, -0.25) is 9.66 Å². The van der Waals surface area contributed by atoms with Crippen LogP contribution in [0, 0.1) is 13.8 Å². The van der Waals surface area contributed by atoms with E-state index in [0.717, 1.165) is 22.2 Å². The number of pyridine rings is 1. The van der Waals surface area contributed by atoms with E-state index in [1.165, 1.54) is 5.56 Å². The summed E-state index contributed by atoms with van der Waals surface area (Å²) in [5, 5.41) is 12.1.